The standard InChI is InChI=1S/C20H26.C14H22.2C12H18.C10H22O.C8H18/c1-15(2)13-17-5-9-19(10-6-17)20-11-7-18(8-12-20)14-16(3)4;1-11(2)9-13-5-7-14(8-6-13)10-12(3)4;1-9(2)11-5-7-12(8-6-11)10(3)4;1-11(2)9-7-5-6-8-10-12(3)4;1-9(2)5-7-11-8-6-10(3)4;1-7(2)5-6-8(3)4/h5-12,15-16H,13-14H2,1-4H3;5-8,11-12H,9-10H2,1-4H3;5-10H,1-4H3;11-12H,9-10H2,1-4H3;9-10H,5-8H2,1-4H3;7-8H,5-6H2,1-4H3. The van der Waals surface area contributed by atoms with Crippen LogP contribution in [0.1, 0.15) is 250 Å². The van der Waals surface area contributed by atoms with E-state index < -0.39 is 0 Å². The maximum atomic E-state index is 5.46. The van der Waals surface area contributed by atoms with E-state index in [0.717, 1.165) is 86.2 Å². The van der Waals surface area contributed by atoms with Crippen LogP contribution in [0.3, 0.4) is 0 Å². The molecule has 0 aliphatic rings. The van der Waals surface area contributed by atoms with Gasteiger partial charge in [-0.3, -0.25) is 0 Å². The van der Waals surface area contributed by atoms with Crippen molar-refractivity contribution in [3.8, 4) is 34.8 Å². The normalized spacial score (nSPS) is 10.9. The summed E-state index contributed by atoms with van der Waals surface area (Å²) in [5.41, 5.74) is 11.3. The highest BCUT2D eigenvalue weighted by Gasteiger charge is 2.05. The number of rotatable bonds is 22. The van der Waals surface area contributed by atoms with E-state index in [1.807, 2.05) is 0 Å². The highest BCUT2D eigenvalue weighted by atomic mass is 16.5. The van der Waals surface area contributed by atoms with E-state index in [9.17, 15) is 0 Å². The molecule has 0 saturated carbocycles. The van der Waals surface area contributed by atoms with Crippen LogP contribution in [0.2, 0.25) is 0 Å². The van der Waals surface area contributed by atoms with Gasteiger partial charge in [-0.15, -0.1) is 0 Å². The van der Waals surface area contributed by atoms with Crippen molar-refractivity contribution >= 4 is 0 Å². The van der Waals surface area contributed by atoms with Gasteiger partial charge in [0.05, 0.1) is 0 Å². The summed E-state index contributed by atoms with van der Waals surface area (Å²) < 4.78 is 5.46. The molecule has 0 aromatic heterocycles. The Hall–Kier alpha value is -4.04. The number of hydrogen-bond donors (Lipinski definition) is 0. The summed E-state index contributed by atoms with van der Waals surface area (Å²) in [7, 11) is 0. The minimum atomic E-state index is 0.645. The zero-order chi connectivity index (χ0) is 58.9. The Balaban J connectivity index is 0. The van der Waals surface area contributed by atoms with Crippen LogP contribution in [-0.4, -0.2) is 13.2 Å². The monoisotopic (exact) mass is 1050 g/mol. The molecule has 4 aromatic carbocycles. The van der Waals surface area contributed by atoms with Gasteiger partial charge < -0.3 is 4.74 Å². The van der Waals surface area contributed by atoms with E-state index in [2.05, 4.69) is 287 Å². The van der Waals surface area contributed by atoms with Crippen LogP contribution in [0.4, 0.5) is 0 Å². The van der Waals surface area contributed by atoms with Gasteiger partial charge in [-0.2, -0.15) is 0 Å². The molecule has 0 aliphatic heterocycles. The second-order valence-corrected chi connectivity index (χ2v) is 26.7. The molecule has 1 nitrogen and oxygen atoms in total. The van der Waals surface area contributed by atoms with Crippen LogP contribution in [0, 0.1) is 82.9 Å². The van der Waals surface area contributed by atoms with E-state index in [-0.39, 0.29) is 0 Å². The maximum Gasteiger partial charge on any atom is 0.0468 e. The fourth-order valence-electron chi connectivity index (χ4n) is 7.63. The summed E-state index contributed by atoms with van der Waals surface area (Å²) in [4.78, 5) is 0. The average molecular weight is 1050 g/mol. The van der Waals surface area contributed by atoms with E-state index in [1.165, 1.54) is 83.0 Å². The Morgan fingerprint density at radius 1 is 0.273 bits per heavy atom. The zero-order valence-corrected chi connectivity index (χ0v) is 55.1. The molecule has 434 valence electrons. The number of benzene rings is 4. The first-order chi connectivity index (χ1) is 36.1. The Labute approximate surface area is 482 Å². The highest BCUT2D eigenvalue weighted by molar-refractivity contribution is 5.64. The molecule has 77 heavy (non-hydrogen) atoms. The van der Waals surface area contributed by atoms with Gasteiger partial charge in [-0.05, 0) is 166 Å². The van der Waals surface area contributed by atoms with Crippen molar-refractivity contribution in [3.63, 3.8) is 0 Å². The molecule has 4 aromatic rings. The first kappa shape index (κ1) is 75.0. The van der Waals surface area contributed by atoms with Crippen molar-refractivity contribution in [1.29, 1.82) is 0 Å². The van der Waals surface area contributed by atoms with E-state index in [4.69, 9.17) is 4.74 Å². The fourth-order valence-corrected chi connectivity index (χ4v) is 7.63. The second kappa shape index (κ2) is 45.8. The molecule has 0 atom stereocenters. The first-order valence-corrected chi connectivity index (χ1v) is 31.0. The lowest BCUT2D eigenvalue weighted by Gasteiger charge is -2.08. The second-order valence-electron chi connectivity index (χ2n) is 26.7. The molecular weight excluding hydrogens is 929 g/mol. The van der Waals surface area contributed by atoms with Crippen LogP contribution >= 0.6 is 0 Å². The summed E-state index contributed by atoms with van der Waals surface area (Å²) in [5, 5.41) is 0. The van der Waals surface area contributed by atoms with Gasteiger partial charge in [-0.25, -0.2) is 0 Å². The molecule has 0 saturated heterocycles. The van der Waals surface area contributed by atoms with Crippen LogP contribution in [0.5, 0.6) is 0 Å². The molecule has 0 amide bonds. The van der Waals surface area contributed by atoms with Gasteiger partial charge in [0, 0.05) is 26.1 Å². The van der Waals surface area contributed by atoms with Gasteiger partial charge in [0.2, 0.25) is 0 Å². The topological polar surface area (TPSA) is 9.23 Å². The molecule has 0 unspecified atom stereocenters. The van der Waals surface area contributed by atoms with Crippen molar-refractivity contribution in [1.82, 2.24) is 0 Å². The van der Waals surface area contributed by atoms with Gasteiger partial charge in [-0.1, -0.05) is 288 Å². The first-order valence-electron chi connectivity index (χ1n) is 31.0. The molecule has 0 bridgehead atoms. The third-order valence-corrected chi connectivity index (χ3v) is 12.4. The van der Waals surface area contributed by atoms with Gasteiger partial charge in [0.15, 0.2) is 0 Å². The summed E-state index contributed by atoms with van der Waals surface area (Å²) >= 11 is 0. The van der Waals surface area contributed by atoms with E-state index in [1.54, 1.807) is 0 Å². The molecule has 1 heteroatoms. The number of ether oxygens (including phenoxy) is 1. The Kier molecular flexibility index (Phi) is 44.6. The molecule has 0 aliphatic carbocycles. The molecule has 0 spiro atoms. The van der Waals surface area contributed by atoms with Crippen molar-refractivity contribution < 1.29 is 4.74 Å². The fraction of sp³-hybridized carbons (Fsp3) is 0.632. The quantitative estimate of drug-likeness (QED) is 0.0563. The summed E-state index contributed by atoms with van der Waals surface area (Å²) in [6.45, 7) is 55.6. The molecule has 4 rings (SSSR count). The lowest BCUT2D eigenvalue weighted by atomic mass is 9.97. The molecule has 0 radical (unpaired) electrons. The smallest absolute Gasteiger partial charge is 0.0468 e. The average Bonchev–Trinajstić information content (AvgIpc) is 3.33. The SMILES string of the molecule is CC(C)CC#CC#CCC(C)C.CC(C)CCC(C)C.CC(C)CCOCCC(C)C.CC(C)Cc1ccc(-c2ccc(CC(C)C)cc2)cc1.CC(C)Cc1ccc(CC(C)C)cc1.CC(C)c1ccc(C(C)C)cc1. The van der Waals surface area contributed by atoms with E-state index >= 15 is 0 Å². The van der Waals surface area contributed by atoms with Crippen molar-refractivity contribution in [2.24, 2.45) is 59.2 Å². The Bertz CT molecular complexity index is 1910. The minimum Gasteiger partial charge on any atom is -0.381 e. The minimum absolute atomic E-state index is 0.645. The van der Waals surface area contributed by atoms with Gasteiger partial charge >= 0.3 is 0 Å². The van der Waals surface area contributed by atoms with Crippen molar-refractivity contribution in [2.75, 3.05) is 13.2 Å². The zero-order valence-electron chi connectivity index (χ0n) is 55.1. The van der Waals surface area contributed by atoms with E-state index in [0.29, 0.717) is 23.7 Å². The molecular formula is C76H124O. The van der Waals surface area contributed by atoms with Crippen LogP contribution in [0.25, 0.3) is 11.1 Å². The largest absolute Gasteiger partial charge is 0.381 e. The van der Waals surface area contributed by atoms with Gasteiger partial charge in [0.1, 0.15) is 0 Å². The third-order valence-electron chi connectivity index (χ3n) is 12.4. The predicted octanol–water partition coefficient (Wildman–Crippen LogP) is 23.0. The molecule has 0 N–H and O–H groups in total. The van der Waals surface area contributed by atoms with Crippen molar-refractivity contribution in [3.05, 3.63) is 130 Å². The third kappa shape index (κ3) is 47.7. The maximum absolute atomic E-state index is 5.46. The van der Waals surface area contributed by atoms with Crippen LogP contribution in [-0.2, 0) is 30.4 Å². The lowest BCUT2D eigenvalue weighted by molar-refractivity contribution is 0.114. The van der Waals surface area contributed by atoms with Crippen molar-refractivity contribution in [2.45, 2.75) is 242 Å². The Morgan fingerprint density at radius 2 is 0.506 bits per heavy atom. The Morgan fingerprint density at radius 3 is 0.701 bits per heavy atom. The van der Waals surface area contributed by atoms with Gasteiger partial charge in [0.25, 0.3) is 0 Å². The highest BCUT2D eigenvalue weighted by Crippen LogP contribution is 2.23. The van der Waals surface area contributed by atoms with Crippen LogP contribution < -0.4 is 0 Å². The van der Waals surface area contributed by atoms with Crippen LogP contribution in [0.15, 0.2) is 97.1 Å². The molecule has 0 heterocycles. The number of hydrogen-bond acceptors (Lipinski definition) is 1. The lowest BCUT2D eigenvalue weighted by Crippen LogP contribution is -2.02. The molecule has 0 fully saturated rings. The summed E-state index contributed by atoms with van der Waals surface area (Å²) in [5.74, 6) is 20.7. The summed E-state index contributed by atoms with van der Waals surface area (Å²) in [6, 6.07) is 36.1. The summed E-state index contributed by atoms with van der Waals surface area (Å²) in [6.07, 6.45) is 11.8. The predicted molar refractivity (Wildman–Crippen MR) is 350 cm³/mol.